The molecule has 0 unspecified atom stereocenters. The summed E-state index contributed by atoms with van der Waals surface area (Å²) >= 11 is 1.81. The minimum absolute atomic E-state index is 0. The molecule has 0 saturated heterocycles. The summed E-state index contributed by atoms with van der Waals surface area (Å²) in [6.45, 7) is 6.22. The average molecular weight is 446 g/mol. The molecule has 23 heavy (non-hydrogen) atoms. The lowest BCUT2D eigenvalue weighted by atomic mass is 9.91. The molecule has 2 aromatic heterocycles. The van der Waals surface area contributed by atoms with Crippen molar-refractivity contribution < 1.29 is 0 Å². The van der Waals surface area contributed by atoms with E-state index in [9.17, 15) is 0 Å². The highest BCUT2D eigenvalue weighted by atomic mass is 127. The minimum atomic E-state index is 0. The number of hydrogen-bond donors (Lipinski definition) is 1. The van der Waals surface area contributed by atoms with Gasteiger partial charge in [0.2, 0.25) is 0 Å². The number of rotatable bonds is 5. The summed E-state index contributed by atoms with van der Waals surface area (Å²) in [5.74, 6) is 0.922. The van der Waals surface area contributed by atoms with Gasteiger partial charge >= 0.3 is 0 Å². The number of aryl methyl sites for hydroxylation is 1. The Morgan fingerprint density at radius 3 is 2.61 bits per heavy atom. The van der Waals surface area contributed by atoms with Crippen LogP contribution in [0.25, 0.3) is 0 Å². The fraction of sp³-hybridized carbons (Fsp3) is 0.471. The Bertz CT molecular complexity index is 616. The van der Waals surface area contributed by atoms with E-state index in [2.05, 4.69) is 83.6 Å². The van der Waals surface area contributed by atoms with Crippen molar-refractivity contribution in [2.45, 2.75) is 25.8 Å². The van der Waals surface area contributed by atoms with Crippen LogP contribution >= 0.6 is 35.3 Å². The predicted octanol–water partition coefficient (Wildman–Crippen LogP) is 3.69. The number of aromatic nitrogens is 1. The SMILES string of the molecule is CN=C(NCC(C)(C)c1cccs1)N(C)Cc1cccn1C.I. The van der Waals surface area contributed by atoms with Crippen LogP contribution < -0.4 is 5.32 Å². The molecular formula is C17H27IN4S. The van der Waals surface area contributed by atoms with Crippen LogP contribution in [0, 0.1) is 0 Å². The summed E-state index contributed by atoms with van der Waals surface area (Å²) in [6.07, 6.45) is 2.07. The van der Waals surface area contributed by atoms with Crippen molar-refractivity contribution in [3.05, 3.63) is 46.4 Å². The van der Waals surface area contributed by atoms with Crippen LogP contribution in [0.4, 0.5) is 0 Å². The molecule has 0 atom stereocenters. The lowest BCUT2D eigenvalue weighted by molar-refractivity contribution is 0.442. The molecule has 0 fully saturated rings. The zero-order valence-electron chi connectivity index (χ0n) is 14.5. The molecule has 0 spiro atoms. The first kappa shape index (κ1) is 20.0. The molecule has 1 N–H and O–H groups in total. The van der Waals surface area contributed by atoms with Gasteiger partial charge in [-0.25, -0.2) is 0 Å². The number of nitrogens with one attached hydrogen (secondary N) is 1. The van der Waals surface area contributed by atoms with E-state index < -0.39 is 0 Å². The number of nitrogens with zero attached hydrogens (tertiary/aromatic N) is 3. The van der Waals surface area contributed by atoms with Crippen LogP contribution in [-0.4, -0.2) is 36.1 Å². The van der Waals surface area contributed by atoms with E-state index in [0.717, 1.165) is 19.0 Å². The third kappa shape index (κ3) is 5.24. The van der Waals surface area contributed by atoms with Gasteiger partial charge in [0.05, 0.1) is 6.54 Å². The van der Waals surface area contributed by atoms with E-state index >= 15 is 0 Å². The molecule has 2 rings (SSSR count). The maximum absolute atomic E-state index is 4.41. The fourth-order valence-corrected chi connectivity index (χ4v) is 3.27. The van der Waals surface area contributed by atoms with Crippen LogP contribution in [0.2, 0.25) is 0 Å². The summed E-state index contributed by atoms with van der Waals surface area (Å²) < 4.78 is 2.14. The lowest BCUT2D eigenvalue weighted by Crippen LogP contribution is -2.44. The summed E-state index contributed by atoms with van der Waals surface area (Å²) in [5, 5.41) is 5.64. The Labute approximate surface area is 160 Å². The Hall–Kier alpha value is -1.02. The third-order valence-corrected chi connectivity index (χ3v) is 5.14. The van der Waals surface area contributed by atoms with E-state index in [-0.39, 0.29) is 29.4 Å². The first-order valence-corrected chi connectivity index (χ1v) is 8.38. The third-order valence-electron chi connectivity index (χ3n) is 3.90. The van der Waals surface area contributed by atoms with Crippen LogP contribution in [0.15, 0.2) is 40.8 Å². The van der Waals surface area contributed by atoms with Gasteiger partial charge in [0.25, 0.3) is 0 Å². The van der Waals surface area contributed by atoms with Crippen LogP contribution in [-0.2, 0) is 19.0 Å². The first-order chi connectivity index (χ1) is 10.4. The summed E-state index contributed by atoms with van der Waals surface area (Å²) in [5.41, 5.74) is 1.36. The Kier molecular flexibility index (Phi) is 7.60. The zero-order chi connectivity index (χ0) is 16.2. The molecule has 4 nitrogen and oxygen atoms in total. The number of hydrogen-bond acceptors (Lipinski definition) is 2. The highest BCUT2D eigenvalue weighted by Crippen LogP contribution is 2.26. The zero-order valence-corrected chi connectivity index (χ0v) is 17.7. The highest BCUT2D eigenvalue weighted by Gasteiger charge is 2.22. The molecule has 0 aliphatic carbocycles. The lowest BCUT2D eigenvalue weighted by Gasteiger charge is -2.28. The van der Waals surface area contributed by atoms with Crippen molar-refractivity contribution in [2.75, 3.05) is 20.6 Å². The van der Waals surface area contributed by atoms with Crippen molar-refractivity contribution in [1.29, 1.82) is 0 Å². The Morgan fingerprint density at radius 1 is 1.35 bits per heavy atom. The number of guanidine groups is 1. The Balaban J connectivity index is 0.00000264. The maximum atomic E-state index is 4.41. The van der Waals surface area contributed by atoms with Crippen LogP contribution in [0.3, 0.4) is 0 Å². The van der Waals surface area contributed by atoms with E-state index in [1.165, 1.54) is 10.6 Å². The van der Waals surface area contributed by atoms with Crippen molar-refractivity contribution in [1.82, 2.24) is 14.8 Å². The molecule has 128 valence electrons. The van der Waals surface area contributed by atoms with E-state index in [0.29, 0.717) is 0 Å². The molecule has 2 heterocycles. The van der Waals surface area contributed by atoms with Gasteiger partial charge in [-0.2, -0.15) is 0 Å². The molecular weight excluding hydrogens is 419 g/mol. The molecule has 0 aliphatic rings. The van der Waals surface area contributed by atoms with Gasteiger partial charge in [-0.05, 0) is 23.6 Å². The van der Waals surface area contributed by atoms with Gasteiger partial charge in [-0.1, -0.05) is 19.9 Å². The normalized spacial score (nSPS) is 12.0. The fourth-order valence-electron chi connectivity index (χ4n) is 2.41. The quantitative estimate of drug-likeness (QED) is 0.432. The maximum Gasteiger partial charge on any atom is 0.193 e. The van der Waals surface area contributed by atoms with Gasteiger partial charge < -0.3 is 14.8 Å². The topological polar surface area (TPSA) is 32.6 Å². The standard InChI is InChI=1S/C17H26N4S.HI/c1-17(2,15-9-7-11-22-15)13-19-16(18-3)21(5)12-14-8-6-10-20(14)4;/h6-11H,12-13H2,1-5H3,(H,18,19);1H. The van der Waals surface area contributed by atoms with Crippen molar-refractivity contribution in [3.8, 4) is 0 Å². The smallest absolute Gasteiger partial charge is 0.193 e. The second-order valence-corrected chi connectivity index (χ2v) is 7.18. The first-order valence-electron chi connectivity index (χ1n) is 7.50. The van der Waals surface area contributed by atoms with Crippen LogP contribution in [0.1, 0.15) is 24.4 Å². The van der Waals surface area contributed by atoms with Gasteiger partial charge in [0.1, 0.15) is 0 Å². The Morgan fingerprint density at radius 2 is 2.09 bits per heavy atom. The molecule has 6 heteroatoms. The molecule has 0 aliphatic heterocycles. The minimum Gasteiger partial charge on any atom is -0.355 e. The summed E-state index contributed by atoms with van der Waals surface area (Å²) in [6, 6.07) is 8.51. The molecule has 0 bridgehead atoms. The average Bonchev–Trinajstić information content (AvgIpc) is 3.12. The second-order valence-electron chi connectivity index (χ2n) is 6.23. The van der Waals surface area contributed by atoms with E-state index in [4.69, 9.17) is 0 Å². The largest absolute Gasteiger partial charge is 0.355 e. The number of aliphatic imine (C=N–C) groups is 1. The van der Waals surface area contributed by atoms with E-state index in [1.54, 1.807) is 11.3 Å². The summed E-state index contributed by atoms with van der Waals surface area (Å²) in [4.78, 5) is 7.95. The van der Waals surface area contributed by atoms with Crippen molar-refractivity contribution in [2.24, 2.45) is 12.0 Å². The molecule has 0 radical (unpaired) electrons. The van der Waals surface area contributed by atoms with Crippen molar-refractivity contribution in [3.63, 3.8) is 0 Å². The van der Waals surface area contributed by atoms with Gasteiger partial charge in [0, 0.05) is 49.9 Å². The van der Waals surface area contributed by atoms with Crippen molar-refractivity contribution >= 4 is 41.3 Å². The molecule has 0 amide bonds. The monoisotopic (exact) mass is 446 g/mol. The highest BCUT2D eigenvalue weighted by molar-refractivity contribution is 14.0. The molecule has 0 saturated carbocycles. The summed E-state index contributed by atoms with van der Waals surface area (Å²) in [7, 11) is 5.97. The van der Waals surface area contributed by atoms with Gasteiger partial charge in [-0.15, -0.1) is 35.3 Å². The van der Waals surface area contributed by atoms with Crippen LogP contribution in [0.5, 0.6) is 0 Å². The molecule has 0 aromatic carbocycles. The van der Waals surface area contributed by atoms with E-state index in [1.807, 2.05) is 7.05 Å². The van der Waals surface area contributed by atoms with Gasteiger partial charge in [0.15, 0.2) is 5.96 Å². The molecule has 2 aromatic rings. The predicted molar refractivity (Wildman–Crippen MR) is 111 cm³/mol. The second kappa shape index (κ2) is 8.73. The van der Waals surface area contributed by atoms with Gasteiger partial charge in [-0.3, -0.25) is 4.99 Å². The number of halogens is 1. The number of thiophene rings is 1.